The second-order valence-electron chi connectivity index (χ2n) is 4.74. The first-order valence-electron chi connectivity index (χ1n) is 6.24. The van der Waals surface area contributed by atoms with Crippen LogP contribution >= 0.6 is 11.3 Å². The Morgan fingerprint density at radius 3 is 2.58 bits per heavy atom. The van der Waals surface area contributed by atoms with Gasteiger partial charge >= 0.3 is 0 Å². The molecule has 0 aliphatic heterocycles. The zero-order chi connectivity index (χ0) is 13.4. The van der Waals surface area contributed by atoms with Crippen LogP contribution in [0, 0.1) is 0 Å². The Labute approximate surface area is 115 Å². The first-order chi connectivity index (χ1) is 9.18. The van der Waals surface area contributed by atoms with E-state index in [4.69, 9.17) is 0 Å². The predicted molar refractivity (Wildman–Crippen MR) is 79.3 cm³/mol. The number of benzene rings is 1. The molecule has 0 saturated carbocycles. The maximum atomic E-state index is 12.6. The van der Waals surface area contributed by atoms with Gasteiger partial charge in [0, 0.05) is 5.92 Å². The van der Waals surface area contributed by atoms with Gasteiger partial charge < -0.3 is 0 Å². The summed E-state index contributed by atoms with van der Waals surface area (Å²) in [5, 5.41) is 1.92. The quantitative estimate of drug-likeness (QED) is 0.713. The second-order valence-corrected chi connectivity index (χ2v) is 5.65. The number of hydrogen-bond acceptors (Lipinski definition) is 3. The Balaban J connectivity index is 2.41. The number of fused-ring (bicyclic) bond motifs is 1. The van der Waals surface area contributed by atoms with Gasteiger partial charge in [0.05, 0.1) is 11.2 Å². The summed E-state index contributed by atoms with van der Waals surface area (Å²) in [5.74, 6) is 0.999. The maximum absolute atomic E-state index is 12.6. The summed E-state index contributed by atoms with van der Waals surface area (Å²) in [6, 6.07) is 11.6. The van der Waals surface area contributed by atoms with E-state index in [0.717, 1.165) is 17.0 Å². The Bertz CT molecular complexity index is 772. The van der Waals surface area contributed by atoms with Crippen LogP contribution in [0.4, 0.5) is 0 Å². The molecule has 0 amide bonds. The molecule has 0 radical (unpaired) electrons. The highest BCUT2D eigenvalue weighted by Gasteiger charge is 2.15. The standard InChI is InChI=1S/C15H14N2OS/c1-10(2)14-16-12-8-9-19-13(12)15(18)17(14)11-6-4-3-5-7-11/h3-10H,1-2H3. The lowest BCUT2D eigenvalue weighted by molar-refractivity contribution is 0.724. The molecular weight excluding hydrogens is 256 g/mol. The molecule has 0 aliphatic rings. The van der Waals surface area contributed by atoms with Gasteiger partial charge in [-0.2, -0.15) is 0 Å². The smallest absolute Gasteiger partial charge is 0.267 e. The molecule has 0 bridgehead atoms. The van der Waals surface area contributed by atoms with Crippen molar-refractivity contribution in [2.75, 3.05) is 0 Å². The lowest BCUT2D eigenvalue weighted by Crippen LogP contribution is -2.23. The molecule has 0 spiro atoms. The van der Waals surface area contributed by atoms with Crippen LogP contribution in [0.15, 0.2) is 46.6 Å². The van der Waals surface area contributed by atoms with Crippen molar-refractivity contribution in [3.05, 3.63) is 58.0 Å². The van der Waals surface area contributed by atoms with Crippen LogP contribution in [0.1, 0.15) is 25.6 Å². The topological polar surface area (TPSA) is 34.9 Å². The average Bonchev–Trinajstić information content (AvgIpc) is 2.88. The Morgan fingerprint density at radius 2 is 1.89 bits per heavy atom. The van der Waals surface area contributed by atoms with Gasteiger partial charge in [-0.3, -0.25) is 9.36 Å². The van der Waals surface area contributed by atoms with E-state index < -0.39 is 0 Å². The monoisotopic (exact) mass is 270 g/mol. The first-order valence-corrected chi connectivity index (χ1v) is 7.12. The van der Waals surface area contributed by atoms with Crippen LogP contribution < -0.4 is 5.56 Å². The predicted octanol–water partition coefficient (Wildman–Crippen LogP) is 3.57. The van der Waals surface area contributed by atoms with Gasteiger partial charge in [0.2, 0.25) is 0 Å². The normalized spacial score (nSPS) is 11.3. The molecule has 1 aromatic carbocycles. The van der Waals surface area contributed by atoms with Gasteiger partial charge in [-0.15, -0.1) is 11.3 Å². The Morgan fingerprint density at radius 1 is 1.16 bits per heavy atom. The first kappa shape index (κ1) is 12.1. The number of thiophene rings is 1. The number of para-hydroxylation sites is 1. The molecule has 3 aromatic rings. The summed E-state index contributed by atoms with van der Waals surface area (Å²) in [5.41, 5.74) is 1.69. The van der Waals surface area contributed by atoms with E-state index >= 15 is 0 Å². The van der Waals surface area contributed by atoms with Crippen molar-refractivity contribution >= 4 is 21.6 Å². The van der Waals surface area contributed by atoms with Crippen LogP contribution in [0.5, 0.6) is 0 Å². The molecule has 0 aliphatic carbocycles. The molecule has 19 heavy (non-hydrogen) atoms. The number of rotatable bonds is 2. The Kier molecular flexibility index (Phi) is 2.95. The largest absolute Gasteiger partial charge is 0.276 e. The van der Waals surface area contributed by atoms with Crippen LogP contribution in [0.25, 0.3) is 15.9 Å². The molecule has 0 saturated heterocycles. The minimum absolute atomic E-state index is 0.0231. The third-order valence-corrected chi connectivity index (χ3v) is 3.93. The third-order valence-electron chi connectivity index (χ3n) is 3.04. The molecule has 0 N–H and O–H groups in total. The van der Waals surface area contributed by atoms with E-state index in [9.17, 15) is 4.79 Å². The van der Waals surface area contributed by atoms with Crippen molar-refractivity contribution in [3.63, 3.8) is 0 Å². The molecule has 0 unspecified atom stereocenters. The second kappa shape index (κ2) is 4.63. The molecule has 3 nitrogen and oxygen atoms in total. The molecule has 0 atom stereocenters. The van der Waals surface area contributed by atoms with Gasteiger partial charge in [0.15, 0.2) is 0 Å². The van der Waals surface area contributed by atoms with Crippen molar-refractivity contribution in [2.24, 2.45) is 0 Å². The van der Waals surface area contributed by atoms with Gasteiger partial charge in [0.1, 0.15) is 10.5 Å². The van der Waals surface area contributed by atoms with Gasteiger partial charge in [-0.05, 0) is 23.6 Å². The van der Waals surface area contributed by atoms with E-state index in [1.165, 1.54) is 11.3 Å². The van der Waals surface area contributed by atoms with Gasteiger partial charge in [0.25, 0.3) is 5.56 Å². The van der Waals surface area contributed by atoms with Crippen LogP contribution in [0.3, 0.4) is 0 Å². The third kappa shape index (κ3) is 1.98. The molecule has 2 aromatic heterocycles. The minimum Gasteiger partial charge on any atom is -0.267 e. The summed E-state index contributed by atoms with van der Waals surface area (Å²) in [6.07, 6.45) is 0. The van der Waals surface area contributed by atoms with Crippen molar-refractivity contribution < 1.29 is 0 Å². The van der Waals surface area contributed by atoms with E-state index in [1.807, 2.05) is 41.8 Å². The molecule has 4 heteroatoms. The lowest BCUT2D eigenvalue weighted by atomic mass is 10.2. The van der Waals surface area contributed by atoms with Crippen LogP contribution in [-0.4, -0.2) is 9.55 Å². The fourth-order valence-corrected chi connectivity index (χ4v) is 2.90. The van der Waals surface area contributed by atoms with Crippen molar-refractivity contribution in [2.45, 2.75) is 19.8 Å². The number of hydrogen-bond donors (Lipinski definition) is 0. The van der Waals surface area contributed by atoms with E-state index in [-0.39, 0.29) is 11.5 Å². The zero-order valence-electron chi connectivity index (χ0n) is 10.8. The summed E-state index contributed by atoms with van der Waals surface area (Å²) in [7, 11) is 0. The van der Waals surface area contributed by atoms with Crippen molar-refractivity contribution in [1.29, 1.82) is 0 Å². The summed E-state index contributed by atoms with van der Waals surface area (Å²) in [6.45, 7) is 4.11. The number of nitrogens with zero attached hydrogens (tertiary/aromatic N) is 2. The maximum Gasteiger partial charge on any atom is 0.276 e. The highest BCUT2D eigenvalue weighted by atomic mass is 32.1. The van der Waals surface area contributed by atoms with Crippen LogP contribution in [0.2, 0.25) is 0 Å². The molecule has 0 fully saturated rings. The van der Waals surface area contributed by atoms with Gasteiger partial charge in [-0.1, -0.05) is 32.0 Å². The molecular formula is C15H14N2OS. The van der Waals surface area contributed by atoms with Gasteiger partial charge in [-0.25, -0.2) is 4.98 Å². The molecule has 2 heterocycles. The van der Waals surface area contributed by atoms with Crippen LogP contribution in [-0.2, 0) is 0 Å². The minimum atomic E-state index is 0.0231. The van der Waals surface area contributed by atoms with E-state index in [1.54, 1.807) is 4.57 Å². The zero-order valence-corrected chi connectivity index (χ0v) is 11.6. The molecule has 3 rings (SSSR count). The number of aromatic nitrogens is 2. The highest BCUT2D eigenvalue weighted by Crippen LogP contribution is 2.21. The SMILES string of the molecule is CC(C)c1nc2ccsc2c(=O)n1-c1ccccc1. The van der Waals surface area contributed by atoms with Crippen molar-refractivity contribution in [3.8, 4) is 5.69 Å². The fraction of sp³-hybridized carbons (Fsp3) is 0.200. The Hall–Kier alpha value is -1.94. The van der Waals surface area contributed by atoms with E-state index in [2.05, 4.69) is 18.8 Å². The highest BCUT2D eigenvalue weighted by molar-refractivity contribution is 7.17. The van der Waals surface area contributed by atoms with Crippen molar-refractivity contribution in [1.82, 2.24) is 9.55 Å². The van der Waals surface area contributed by atoms with E-state index in [0.29, 0.717) is 4.70 Å². The average molecular weight is 270 g/mol. The fourth-order valence-electron chi connectivity index (χ4n) is 2.14. The summed E-state index contributed by atoms with van der Waals surface area (Å²) < 4.78 is 2.44. The summed E-state index contributed by atoms with van der Waals surface area (Å²) >= 11 is 1.45. The summed E-state index contributed by atoms with van der Waals surface area (Å²) in [4.78, 5) is 17.3. The lowest BCUT2D eigenvalue weighted by Gasteiger charge is -2.14. The molecule has 96 valence electrons.